The van der Waals surface area contributed by atoms with E-state index in [4.69, 9.17) is 16.6 Å². The molecule has 10 heteroatoms. The third-order valence-corrected chi connectivity index (χ3v) is 6.75. The van der Waals surface area contributed by atoms with E-state index in [2.05, 4.69) is 14.9 Å². The Morgan fingerprint density at radius 3 is 2.33 bits per heavy atom. The zero-order chi connectivity index (χ0) is 26.0. The van der Waals surface area contributed by atoms with Gasteiger partial charge in [0.25, 0.3) is 0 Å². The minimum Gasteiger partial charge on any atom is -0.355 e. The fourth-order valence-electron chi connectivity index (χ4n) is 4.38. The molecule has 6 nitrogen and oxygen atoms in total. The van der Waals surface area contributed by atoms with Crippen molar-refractivity contribution in [2.24, 2.45) is 5.92 Å². The lowest BCUT2D eigenvalue weighted by Gasteiger charge is -2.38. The SMILES string of the molecule is CC(C)C(=O)N(C)C1CCN(c2cnc(-c3ccc(C(F)(F)F)cc3)c(-c3ccncc3Cl)n2)CC1. The molecule has 0 unspecified atom stereocenters. The number of aromatic nitrogens is 3. The normalized spacial score (nSPS) is 14.8. The monoisotopic (exact) mass is 517 g/mol. The van der Waals surface area contributed by atoms with E-state index in [1.807, 2.05) is 25.8 Å². The van der Waals surface area contributed by atoms with E-state index < -0.39 is 11.7 Å². The van der Waals surface area contributed by atoms with Gasteiger partial charge in [-0.1, -0.05) is 37.6 Å². The van der Waals surface area contributed by atoms with Gasteiger partial charge in [-0.25, -0.2) is 4.98 Å². The van der Waals surface area contributed by atoms with E-state index in [1.54, 1.807) is 18.5 Å². The number of pyridine rings is 1. The number of hydrogen-bond acceptors (Lipinski definition) is 5. The van der Waals surface area contributed by atoms with E-state index in [0.29, 0.717) is 46.4 Å². The van der Waals surface area contributed by atoms with Crippen LogP contribution < -0.4 is 4.90 Å². The molecule has 3 heterocycles. The minimum absolute atomic E-state index is 0.0516. The van der Waals surface area contributed by atoms with E-state index >= 15 is 0 Å². The average molecular weight is 518 g/mol. The Labute approximate surface area is 213 Å². The number of hydrogen-bond donors (Lipinski definition) is 0. The van der Waals surface area contributed by atoms with Crippen LogP contribution in [0.1, 0.15) is 32.3 Å². The van der Waals surface area contributed by atoms with Gasteiger partial charge in [0.15, 0.2) is 0 Å². The van der Waals surface area contributed by atoms with Gasteiger partial charge in [0.2, 0.25) is 5.91 Å². The maximum Gasteiger partial charge on any atom is 0.416 e. The molecule has 0 aliphatic carbocycles. The van der Waals surface area contributed by atoms with Crippen LogP contribution >= 0.6 is 11.6 Å². The van der Waals surface area contributed by atoms with Crippen molar-refractivity contribution >= 4 is 23.3 Å². The number of halogens is 4. The Hall–Kier alpha value is -3.20. The molecule has 0 radical (unpaired) electrons. The van der Waals surface area contributed by atoms with Crippen LogP contribution in [0.2, 0.25) is 5.02 Å². The summed E-state index contributed by atoms with van der Waals surface area (Å²) in [6, 6.07) is 6.70. The van der Waals surface area contributed by atoms with Crippen molar-refractivity contribution in [1.82, 2.24) is 19.9 Å². The second-order valence-electron chi connectivity index (χ2n) is 9.18. The summed E-state index contributed by atoms with van der Waals surface area (Å²) in [5, 5.41) is 0.365. The second kappa shape index (κ2) is 10.4. The predicted octanol–water partition coefficient (Wildman–Crippen LogP) is 5.96. The number of alkyl halides is 3. The van der Waals surface area contributed by atoms with Crippen molar-refractivity contribution in [2.45, 2.75) is 38.9 Å². The van der Waals surface area contributed by atoms with Gasteiger partial charge in [-0.3, -0.25) is 14.8 Å². The smallest absolute Gasteiger partial charge is 0.355 e. The molecule has 4 rings (SSSR count). The number of nitrogens with zero attached hydrogens (tertiary/aromatic N) is 5. The highest BCUT2D eigenvalue weighted by Crippen LogP contribution is 2.36. The molecule has 0 bridgehead atoms. The summed E-state index contributed by atoms with van der Waals surface area (Å²) < 4.78 is 39.2. The molecular formula is C26H27ClF3N5O. The molecule has 1 fully saturated rings. The maximum absolute atomic E-state index is 13.1. The maximum atomic E-state index is 13.1. The molecule has 1 aliphatic rings. The summed E-state index contributed by atoms with van der Waals surface area (Å²) >= 11 is 6.42. The molecule has 2 aromatic heterocycles. The average Bonchev–Trinajstić information content (AvgIpc) is 2.87. The fraction of sp³-hybridized carbons (Fsp3) is 0.385. The highest BCUT2D eigenvalue weighted by Gasteiger charge is 2.31. The molecular weight excluding hydrogens is 491 g/mol. The molecule has 0 atom stereocenters. The first-order valence-corrected chi connectivity index (χ1v) is 12.1. The Morgan fingerprint density at radius 1 is 1.08 bits per heavy atom. The molecule has 1 aliphatic heterocycles. The van der Waals surface area contributed by atoms with Crippen molar-refractivity contribution < 1.29 is 18.0 Å². The molecule has 1 aromatic carbocycles. The summed E-state index contributed by atoms with van der Waals surface area (Å²) in [6.45, 7) is 5.18. The molecule has 0 N–H and O–H groups in total. The number of carbonyl (C=O) groups excluding carboxylic acids is 1. The van der Waals surface area contributed by atoms with Gasteiger partial charge in [-0.15, -0.1) is 0 Å². The largest absolute Gasteiger partial charge is 0.416 e. The molecule has 190 valence electrons. The van der Waals surface area contributed by atoms with Gasteiger partial charge in [0.05, 0.1) is 22.5 Å². The van der Waals surface area contributed by atoms with Crippen molar-refractivity contribution in [3.8, 4) is 22.5 Å². The molecule has 36 heavy (non-hydrogen) atoms. The van der Waals surface area contributed by atoms with Gasteiger partial charge in [0.1, 0.15) is 11.5 Å². The quantitative estimate of drug-likeness (QED) is 0.418. The zero-order valence-corrected chi connectivity index (χ0v) is 21.0. The summed E-state index contributed by atoms with van der Waals surface area (Å²) in [4.78, 5) is 29.8. The van der Waals surface area contributed by atoms with E-state index in [0.717, 1.165) is 25.0 Å². The Balaban J connectivity index is 1.65. The Bertz CT molecular complexity index is 1220. The summed E-state index contributed by atoms with van der Waals surface area (Å²) in [5.74, 6) is 0.720. The minimum atomic E-state index is -4.43. The van der Waals surface area contributed by atoms with Crippen molar-refractivity contribution in [3.63, 3.8) is 0 Å². The lowest BCUT2D eigenvalue weighted by molar-refractivity contribution is -0.137. The van der Waals surface area contributed by atoms with Crippen LogP contribution in [0.25, 0.3) is 22.5 Å². The van der Waals surface area contributed by atoms with Crippen LogP contribution in [0, 0.1) is 5.92 Å². The van der Waals surface area contributed by atoms with Crippen LogP contribution in [0.5, 0.6) is 0 Å². The Kier molecular flexibility index (Phi) is 7.49. The molecule has 0 spiro atoms. The van der Waals surface area contributed by atoms with Gasteiger partial charge < -0.3 is 9.80 Å². The van der Waals surface area contributed by atoms with E-state index in [-0.39, 0.29) is 17.9 Å². The summed E-state index contributed by atoms with van der Waals surface area (Å²) in [7, 11) is 1.85. The lowest BCUT2D eigenvalue weighted by atomic mass is 10.0. The summed E-state index contributed by atoms with van der Waals surface area (Å²) in [6.07, 6.45) is 1.87. The molecule has 1 amide bonds. The standard InChI is InChI=1S/C26H27ClF3N5O/c1-16(2)25(36)34(3)19-9-12-35(13-10-19)22-15-32-23(17-4-6-18(7-5-17)26(28,29)30)24(33-22)20-8-11-31-14-21(20)27/h4-8,11,14-16,19H,9-10,12-13H2,1-3H3. The first kappa shape index (κ1) is 25.9. The van der Waals surface area contributed by atoms with E-state index in [9.17, 15) is 18.0 Å². The molecule has 0 saturated carbocycles. The Morgan fingerprint density at radius 2 is 1.75 bits per heavy atom. The third kappa shape index (κ3) is 5.46. The van der Waals surface area contributed by atoms with Crippen LogP contribution in [-0.2, 0) is 11.0 Å². The fourth-order valence-corrected chi connectivity index (χ4v) is 4.59. The first-order chi connectivity index (χ1) is 17.1. The van der Waals surface area contributed by atoms with Gasteiger partial charge in [0, 0.05) is 55.6 Å². The van der Waals surface area contributed by atoms with Crippen molar-refractivity contribution in [3.05, 3.63) is 59.5 Å². The first-order valence-electron chi connectivity index (χ1n) is 11.7. The van der Waals surface area contributed by atoms with Crippen LogP contribution in [0.15, 0.2) is 48.9 Å². The van der Waals surface area contributed by atoms with E-state index in [1.165, 1.54) is 18.3 Å². The summed E-state index contributed by atoms with van der Waals surface area (Å²) in [5.41, 5.74) is 1.25. The lowest BCUT2D eigenvalue weighted by Crippen LogP contribution is -2.47. The van der Waals surface area contributed by atoms with Gasteiger partial charge >= 0.3 is 6.18 Å². The predicted molar refractivity (Wildman–Crippen MR) is 134 cm³/mol. The number of amides is 1. The highest BCUT2D eigenvalue weighted by molar-refractivity contribution is 6.33. The zero-order valence-electron chi connectivity index (χ0n) is 20.3. The topological polar surface area (TPSA) is 62.2 Å². The number of rotatable bonds is 5. The van der Waals surface area contributed by atoms with Crippen molar-refractivity contribution in [2.75, 3.05) is 25.0 Å². The van der Waals surface area contributed by atoms with Crippen LogP contribution in [-0.4, -0.2) is 51.9 Å². The second-order valence-corrected chi connectivity index (χ2v) is 9.59. The number of anilines is 1. The van der Waals surface area contributed by atoms with Gasteiger partial charge in [-0.2, -0.15) is 13.2 Å². The molecule has 3 aromatic rings. The number of benzene rings is 1. The third-order valence-electron chi connectivity index (χ3n) is 6.45. The van der Waals surface area contributed by atoms with Crippen LogP contribution in [0.4, 0.5) is 19.0 Å². The number of piperidine rings is 1. The van der Waals surface area contributed by atoms with Crippen molar-refractivity contribution in [1.29, 1.82) is 0 Å². The highest BCUT2D eigenvalue weighted by atomic mass is 35.5. The van der Waals surface area contributed by atoms with Gasteiger partial charge in [-0.05, 0) is 31.0 Å². The number of carbonyl (C=O) groups is 1. The molecule has 1 saturated heterocycles. The van der Waals surface area contributed by atoms with Crippen LogP contribution in [0.3, 0.4) is 0 Å².